The van der Waals surface area contributed by atoms with E-state index in [4.69, 9.17) is 4.74 Å². The van der Waals surface area contributed by atoms with Gasteiger partial charge in [0, 0.05) is 17.4 Å². The Hall–Kier alpha value is -1.79. The van der Waals surface area contributed by atoms with Crippen LogP contribution in [0.3, 0.4) is 0 Å². The van der Waals surface area contributed by atoms with Crippen LogP contribution in [-0.2, 0) is 9.53 Å². The minimum atomic E-state index is -0.400. The molecule has 1 amide bonds. The van der Waals surface area contributed by atoms with Gasteiger partial charge in [-0.05, 0) is 50.3 Å². The normalized spacial score (nSPS) is 10.6. The number of hydrogen-bond acceptors (Lipinski definition) is 5. The summed E-state index contributed by atoms with van der Waals surface area (Å²) in [6.07, 6.45) is 3.28. The largest absolute Gasteiger partial charge is 0.462 e. The maximum atomic E-state index is 12.6. The predicted molar refractivity (Wildman–Crippen MR) is 111 cm³/mol. The Balaban J connectivity index is 2.36. The average molecular weight is 392 g/mol. The Morgan fingerprint density at radius 2 is 2.00 bits per heavy atom. The minimum absolute atomic E-state index is 0.0707. The Kier molecular flexibility index (Phi) is 7.72. The molecule has 0 fully saturated rings. The Morgan fingerprint density at radius 3 is 2.65 bits per heavy atom. The van der Waals surface area contributed by atoms with Crippen molar-refractivity contribution in [2.45, 2.75) is 33.6 Å². The number of rotatable bonds is 8. The number of carbonyl (C=O) groups is 2. The molecular weight excluding hydrogens is 366 g/mol. The highest BCUT2D eigenvalue weighted by molar-refractivity contribution is 7.98. The number of amides is 1. The van der Waals surface area contributed by atoms with Crippen molar-refractivity contribution in [1.82, 2.24) is 0 Å². The quantitative estimate of drug-likeness (QED) is 0.491. The third-order valence-corrected chi connectivity index (χ3v) is 5.54. The van der Waals surface area contributed by atoms with Crippen LogP contribution in [0.4, 0.5) is 5.00 Å². The van der Waals surface area contributed by atoms with Gasteiger partial charge in [-0.25, -0.2) is 4.79 Å². The number of anilines is 1. The highest BCUT2D eigenvalue weighted by atomic mass is 32.2. The first-order chi connectivity index (χ1) is 12.5. The number of aryl methyl sites for hydroxylation is 2. The molecule has 0 bridgehead atoms. The van der Waals surface area contributed by atoms with E-state index in [9.17, 15) is 9.59 Å². The summed E-state index contributed by atoms with van der Waals surface area (Å²) >= 11 is 3.08. The zero-order valence-corrected chi connectivity index (χ0v) is 17.3. The van der Waals surface area contributed by atoms with Crippen LogP contribution >= 0.6 is 23.1 Å². The molecule has 0 saturated heterocycles. The molecule has 0 spiro atoms. The van der Waals surface area contributed by atoms with Crippen LogP contribution in [0.1, 0.15) is 41.3 Å². The molecule has 0 saturated carbocycles. The van der Waals surface area contributed by atoms with Gasteiger partial charge in [0.25, 0.3) is 0 Å². The summed E-state index contributed by atoms with van der Waals surface area (Å²) in [6, 6.07) is 6.12. The van der Waals surface area contributed by atoms with E-state index in [0.29, 0.717) is 23.6 Å². The third-order valence-electron chi connectivity index (χ3n) is 3.95. The molecule has 0 radical (unpaired) electrons. The van der Waals surface area contributed by atoms with E-state index < -0.39 is 5.97 Å². The fourth-order valence-electron chi connectivity index (χ4n) is 2.74. The summed E-state index contributed by atoms with van der Waals surface area (Å²) in [5, 5.41) is 5.38. The van der Waals surface area contributed by atoms with E-state index in [-0.39, 0.29) is 5.91 Å². The van der Waals surface area contributed by atoms with Gasteiger partial charge in [-0.3, -0.25) is 4.79 Å². The fourth-order valence-corrected chi connectivity index (χ4v) is 4.13. The standard InChI is InChI=1S/C20H25NO3S2/c1-5-24-20(23)18-16(15-9-8-13(2)11-14(15)3)12-26-19(18)21-17(22)7-6-10-25-4/h8-9,11-12H,5-7,10H2,1-4H3,(H,21,22). The maximum absolute atomic E-state index is 12.6. The first-order valence-electron chi connectivity index (χ1n) is 8.63. The first kappa shape index (κ1) is 20.5. The van der Waals surface area contributed by atoms with E-state index in [1.807, 2.05) is 37.6 Å². The number of carbonyl (C=O) groups excluding carboxylic acids is 2. The summed E-state index contributed by atoms with van der Waals surface area (Å²) < 4.78 is 5.25. The lowest BCUT2D eigenvalue weighted by Gasteiger charge is -2.11. The second kappa shape index (κ2) is 9.78. The molecule has 0 atom stereocenters. The van der Waals surface area contributed by atoms with E-state index >= 15 is 0 Å². The molecule has 1 heterocycles. The highest BCUT2D eigenvalue weighted by Gasteiger charge is 2.23. The van der Waals surface area contributed by atoms with Gasteiger partial charge < -0.3 is 10.1 Å². The molecule has 0 unspecified atom stereocenters. The van der Waals surface area contributed by atoms with E-state index in [0.717, 1.165) is 28.9 Å². The number of esters is 1. The van der Waals surface area contributed by atoms with Gasteiger partial charge >= 0.3 is 5.97 Å². The molecule has 2 aromatic rings. The molecule has 0 aliphatic heterocycles. The van der Waals surface area contributed by atoms with Crippen molar-refractivity contribution in [2.24, 2.45) is 0 Å². The van der Waals surface area contributed by atoms with Crippen LogP contribution in [0.25, 0.3) is 11.1 Å². The second-order valence-corrected chi connectivity index (χ2v) is 7.90. The van der Waals surface area contributed by atoms with Gasteiger partial charge in [-0.2, -0.15) is 11.8 Å². The molecule has 1 aromatic heterocycles. The molecule has 0 aliphatic rings. The lowest BCUT2D eigenvalue weighted by molar-refractivity contribution is -0.116. The van der Waals surface area contributed by atoms with Gasteiger partial charge in [0.1, 0.15) is 10.6 Å². The van der Waals surface area contributed by atoms with Crippen LogP contribution in [0.5, 0.6) is 0 Å². The zero-order valence-electron chi connectivity index (χ0n) is 15.7. The predicted octanol–water partition coefficient (Wildman–Crippen LogP) is 5.29. The molecule has 2 rings (SSSR count). The van der Waals surface area contributed by atoms with Crippen molar-refractivity contribution >= 4 is 40.0 Å². The summed E-state index contributed by atoms with van der Waals surface area (Å²) in [5.74, 6) is 0.470. The van der Waals surface area contributed by atoms with Gasteiger partial charge in [0.15, 0.2) is 0 Å². The Morgan fingerprint density at radius 1 is 1.23 bits per heavy atom. The SMILES string of the molecule is CCOC(=O)c1c(-c2ccc(C)cc2C)csc1NC(=O)CCCSC. The van der Waals surface area contributed by atoms with Gasteiger partial charge in [-0.15, -0.1) is 11.3 Å². The van der Waals surface area contributed by atoms with Crippen molar-refractivity contribution in [3.63, 3.8) is 0 Å². The highest BCUT2D eigenvalue weighted by Crippen LogP contribution is 2.38. The van der Waals surface area contributed by atoms with Crippen molar-refractivity contribution in [1.29, 1.82) is 0 Å². The Labute approximate surface area is 163 Å². The lowest BCUT2D eigenvalue weighted by atomic mass is 9.97. The number of thiophene rings is 1. The zero-order chi connectivity index (χ0) is 19.1. The summed E-state index contributed by atoms with van der Waals surface area (Å²) in [4.78, 5) is 24.8. The van der Waals surface area contributed by atoms with E-state index in [1.54, 1.807) is 18.7 Å². The van der Waals surface area contributed by atoms with Crippen molar-refractivity contribution in [3.05, 3.63) is 40.3 Å². The third kappa shape index (κ3) is 5.11. The summed E-state index contributed by atoms with van der Waals surface area (Å²) in [7, 11) is 0. The number of nitrogens with one attached hydrogen (secondary N) is 1. The molecule has 1 aromatic carbocycles. The molecule has 26 heavy (non-hydrogen) atoms. The van der Waals surface area contributed by atoms with Crippen LogP contribution in [0, 0.1) is 13.8 Å². The summed E-state index contributed by atoms with van der Waals surface area (Å²) in [5.41, 5.74) is 4.50. The average Bonchev–Trinajstić information content (AvgIpc) is 2.98. The number of benzene rings is 1. The van der Waals surface area contributed by atoms with Crippen molar-refractivity contribution in [2.75, 3.05) is 23.9 Å². The van der Waals surface area contributed by atoms with Crippen LogP contribution in [0.15, 0.2) is 23.6 Å². The molecule has 1 N–H and O–H groups in total. The first-order valence-corrected chi connectivity index (χ1v) is 10.9. The van der Waals surface area contributed by atoms with Gasteiger partial charge in [0.05, 0.1) is 6.61 Å². The summed E-state index contributed by atoms with van der Waals surface area (Å²) in [6.45, 7) is 6.14. The second-order valence-electron chi connectivity index (χ2n) is 6.04. The van der Waals surface area contributed by atoms with E-state index in [2.05, 4.69) is 11.4 Å². The van der Waals surface area contributed by atoms with E-state index in [1.165, 1.54) is 16.9 Å². The molecule has 4 nitrogen and oxygen atoms in total. The maximum Gasteiger partial charge on any atom is 0.341 e. The van der Waals surface area contributed by atoms with Crippen LogP contribution < -0.4 is 5.32 Å². The van der Waals surface area contributed by atoms with Gasteiger partial charge in [-0.1, -0.05) is 23.8 Å². The number of thioether (sulfide) groups is 1. The van der Waals surface area contributed by atoms with Gasteiger partial charge in [0.2, 0.25) is 5.91 Å². The van der Waals surface area contributed by atoms with Crippen molar-refractivity contribution < 1.29 is 14.3 Å². The smallest absolute Gasteiger partial charge is 0.341 e. The minimum Gasteiger partial charge on any atom is -0.462 e. The van der Waals surface area contributed by atoms with Crippen LogP contribution in [0.2, 0.25) is 0 Å². The van der Waals surface area contributed by atoms with Crippen LogP contribution in [-0.4, -0.2) is 30.5 Å². The van der Waals surface area contributed by atoms with Crippen molar-refractivity contribution in [3.8, 4) is 11.1 Å². The number of ether oxygens (including phenoxy) is 1. The lowest BCUT2D eigenvalue weighted by Crippen LogP contribution is -2.14. The fraction of sp³-hybridized carbons (Fsp3) is 0.400. The molecule has 6 heteroatoms. The Bertz CT molecular complexity index is 783. The molecule has 0 aliphatic carbocycles. The molecular formula is C20H25NO3S2. The molecule has 140 valence electrons. The topological polar surface area (TPSA) is 55.4 Å². The monoisotopic (exact) mass is 391 g/mol. The number of hydrogen-bond donors (Lipinski definition) is 1.